The Bertz CT molecular complexity index is 424. The molecule has 0 aliphatic heterocycles. The van der Waals surface area contributed by atoms with E-state index >= 15 is 0 Å². The fourth-order valence-electron chi connectivity index (χ4n) is 2.39. The van der Waals surface area contributed by atoms with Gasteiger partial charge in [-0.1, -0.05) is 44.2 Å². The van der Waals surface area contributed by atoms with Crippen LogP contribution in [0.5, 0.6) is 0 Å². The van der Waals surface area contributed by atoms with Gasteiger partial charge in [0.05, 0.1) is 0 Å². The van der Waals surface area contributed by atoms with Gasteiger partial charge in [0.15, 0.2) is 5.96 Å². The first-order chi connectivity index (χ1) is 10.7. The van der Waals surface area contributed by atoms with Crippen LogP contribution in [0.1, 0.15) is 38.7 Å². The Morgan fingerprint density at radius 2 is 1.87 bits per heavy atom. The number of nitrogens with zero attached hydrogens (tertiary/aromatic N) is 1. The molecule has 0 spiro atoms. The van der Waals surface area contributed by atoms with Crippen LogP contribution in [0.3, 0.4) is 0 Å². The Labute approximate surface area is 158 Å². The van der Waals surface area contributed by atoms with E-state index in [2.05, 4.69) is 59.8 Å². The molecule has 0 bridgehead atoms. The smallest absolute Gasteiger partial charge is 0.190 e. The highest BCUT2D eigenvalue weighted by molar-refractivity contribution is 14.0. The van der Waals surface area contributed by atoms with Crippen molar-refractivity contribution in [3.63, 3.8) is 0 Å². The van der Waals surface area contributed by atoms with Gasteiger partial charge < -0.3 is 15.4 Å². The zero-order chi connectivity index (χ0) is 16.2. The Kier molecular flexibility index (Phi) is 13.1. The molecular formula is C18H32IN3O. The lowest BCUT2D eigenvalue weighted by Gasteiger charge is -2.23. The van der Waals surface area contributed by atoms with Crippen LogP contribution in [0.25, 0.3) is 0 Å². The zero-order valence-corrected chi connectivity index (χ0v) is 17.2. The summed E-state index contributed by atoms with van der Waals surface area (Å²) in [6.45, 7) is 9.86. The predicted molar refractivity (Wildman–Crippen MR) is 110 cm³/mol. The van der Waals surface area contributed by atoms with Gasteiger partial charge in [-0.15, -0.1) is 24.0 Å². The van der Waals surface area contributed by atoms with Gasteiger partial charge in [-0.05, 0) is 24.8 Å². The molecular weight excluding hydrogens is 401 g/mol. The Morgan fingerprint density at radius 1 is 1.17 bits per heavy atom. The number of nitrogens with one attached hydrogen (secondary N) is 2. The summed E-state index contributed by atoms with van der Waals surface area (Å²) in [5.41, 5.74) is 1.37. The van der Waals surface area contributed by atoms with Crippen molar-refractivity contribution < 1.29 is 4.74 Å². The van der Waals surface area contributed by atoms with E-state index in [1.54, 1.807) is 0 Å². The average Bonchev–Trinajstić information content (AvgIpc) is 2.53. The second-order valence-corrected chi connectivity index (χ2v) is 5.69. The van der Waals surface area contributed by atoms with Gasteiger partial charge >= 0.3 is 0 Å². The first-order valence-corrected chi connectivity index (χ1v) is 8.26. The van der Waals surface area contributed by atoms with Gasteiger partial charge in [0.2, 0.25) is 0 Å². The molecule has 0 amide bonds. The highest BCUT2D eigenvalue weighted by Gasteiger charge is 2.15. The number of benzene rings is 1. The minimum atomic E-state index is 0. The monoisotopic (exact) mass is 433 g/mol. The number of rotatable bonds is 9. The molecule has 0 heterocycles. The van der Waals surface area contributed by atoms with E-state index in [1.807, 2.05) is 14.0 Å². The predicted octanol–water partition coefficient (Wildman–Crippen LogP) is 3.64. The van der Waals surface area contributed by atoms with Gasteiger partial charge in [0.1, 0.15) is 0 Å². The number of hydrogen-bond donors (Lipinski definition) is 2. The maximum Gasteiger partial charge on any atom is 0.190 e. The van der Waals surface area contributed by atoms with Gasteiger partial charge in [0, 0.05) is 39.3 Å². The van der Waals surface area contributed by atoms with Crippen molar-refractivity contribution in [3.8, 4) is 0 Å². The molecule has 1 atom stereocenters. The van der Waals surface area contributed by atoms with E-state index in [-0.39, 0.29) is 24.0 Å². The third-order valence-electron chi connectivity index (χ3n) is 3.71. The second-order valence-electron chi connectivity index (χ2n) is 5.69. The molecule has 1 aromatic rings. The Hall–Kier alpha value is -0.820. The first-order valence-electron chi connectivity index (χ1n) is 8.26. The number of halogens is 1. The van der Waals surface area contributed by atoms with Crippen LogP contribution >= 0.6 is 24.0 Å². The van der Waals surface area contributed by atoms with Crippen LogP contribution in [0.4, 0.5) is 0 Å². The fraction of sp³-hybridized carbons (Fsp3) is 0.611. The van der Waals surface area contributed by atoms with Crippen molar-refractivity contribution in [2.45, 2.75) is 33.1 Å². The van der Waals surface area contributed by atoms with E-state index in [4.69, 9.17) is 4.74 Å². The van der Waals surface area contributed by atoms with Crippen LogP contribution in [-0.2, 0) is 4.74 Å². The third-order valence-corrected chi connectivity index (χ3v) is 3.71. The summed E-state index contributed by atoms with van der Waals surface area (Å²) in [7, 11) is 1.81. The highest BCUT2D eigenvalue weighted by atomic mass is 127. The summed E-state index contributed by atoms with van der Waals surface area (Å²) in [6.07, 6.45) is 0.987. The molecule has 0 radical (unpaired) electrons. The molecule has 1 rings (SSSR count). The zero-order valence-electron chi connectivity index (χ0n) is 14.8. The number of hydrogen-bond acceptors (Lipinski definition) is 2. The van der Waals surface area contributed by atoms with Crippen LogP contribution in [-0.4, -0.2) is 39.3 Å². The van der Waals surface area contributed by atoms with Crippen LogP contribution < -0.4 is 10.6 Å². The lowest BCUT2D eigenvalue weighted by molar-refractivity contribution is 0.145. The van der Waals surface area contributed by atoms with Crippen molar-refractivity contribution >= 4 is 29.9 Å². The van der Waals surface area contributed by atoms with E-state index in [9.17, 15) is 0 Å². The molecule has 1 aromatic carbocycles. The summed E-state index contributed by atoms with van der Waals surface area (Å²) < 4.78 is 5.34. The van der Waals surface area contributed by atoms with E-state index in [1.165, 1.54) is 5.56 Å². The van der Waals surface area contributed by atoms with Gasteiger partial charge in [0.25, 0.3) is 0 Å². The minimum Gasteiger partial charge on any atom is -0.382 e. The molecule has 1 unspecified atom stereocenters. The summed E-state index contributed by atoms with van der Waals surface area (Å²) in [4.78, 5) is 4.28. The van der Waals surface area contributed by atoms with E-state index < -0.39 is 0 Å². The van der Waals surface area contributed by atoms with Gasteiger partial charge in [-0.3, -0.25) is 4.99 Å². The van der Waals surface area contributed by atoms with Crippen LogP contribution in [0, 0.1) is 5.92 Å². The largest absolute Gasteiger partial charge is 0.382 e. The summed E-state index contributed by atoms with van der Waals surface area (Å²) in [5, 5.41) is 6.77. The summed E-state index contributed by atoms with van der Waals surface area (Å²) in [5.74, 6) is 1.91. The average molecular weight is 433 g/mol. The lowest BCUT2D eigenvalue weighted by atomic mass is 9.88. The maximum atomic E-state index is 5.34. The van der Waals surface area contributed by atoms with Crippen molar-refractivity contribution in [1.82, 2.24) is 10.6 Å². The number of aliphatic imine (C=N–C) groups is 1. The summed E-state index contributed by atoms with van der Waals surface area (Å²) >= 11 is 0. The normalized spacial score (nSPS) is 12.7. The van der Waals surface area contributed by atoms with Crippen molar-refractivity contribution in [1.29, 1.82) is 0 Å². The van der Waals surface area contributed by atoms with E-state index in [0.29, 0.717) is 11.8 Å². The number of ether oxygens (including phenoxy) is 1. The van der Waals surface area contributed by atoms with Crippen molar-refractivity contribution in [3.05, 3.63) is 35.9 Å². The Morgan fingerprint density at radius 3 is 2.43 bits per heavy atom. The molecule has 0 saturated heterocycles. The minimum absolute atomic E-state index is 0. The quantitative estimate of drug-likeness (QED) is 0.271. The molecule has 4 nitrogen and oxygen atoms in total. The SMILES string of the molecule is CCOCCCNC(=NC)NCC(c1ccccc1)C(C)C.I. The summed E-state index contributed by atoms with van der Waals surface area (Å²) in [6, 6.07) is 10.7. The standard InChI is InChI=1S/C18H31N3O.HI/c1-5-22-13-9-12-20-18(19-4)21-14-17(15(2)3)16-10-7-6-8-11-16;/h6-8,10-11,15,17H,5,9,12-14H2,1-4H3,(H2,19,20,21);1H. The molecule has 0 aliphatic carbocycles. The van der Waals surface area contributed by atoms with Gasteiger partial charge in [-0.25, -0.2) is 0 Å². The second kappa shape index (κ2) is 13.6. The van der Waals surface area contributed by atoms with Gasteiger partial charge in [-0.2, -0.15) is 0 Å². The number of guanidine groups is 1. The lowest BCUT2D eigenvalue weighted by Crippen LogP contribution is -2.40. The molecule has 2 N–H and O–H groups in total. The molecule has 23 heavy (non-hydrogen) atoms. The molecule has 5 heteroatoms. The topological polar surface area (TPSA) is 45.6 Å². The maximum absolute atomic E-state index is 5.34. The third kappa shape index (κ3) is 9.15. The molecule has 0 aliphatic rings. The van der Waals surface area contributed by atoms with E-state index in [0.717, 1.165) is 38.7 Å². The van der Waals surface area contributed by atoms with Crippen LogP contribution in [0.15, 0.2) is 35.3 Å². The molecule has 0 fully saturated rings. The molecule has 0 aromatic heterocycles. The van der Waals surface area contributed by atoms with Crippen molar-refractivity contribution in [2.75, 3.05) is 33.4 Å². The van der Waals surface area contributed by atoms with Crippen LogP contribution in [0.2, 0.25) is 0 Å². The first kappa shape index (κ1) is 22.2. The molecule has 0 saturated carbocycles. The highest BCUT2D eigenvalue weighted by Crippen LogP contribution is 2.23. The fourth-order valence-corrected chi connectivity index (χ4v) is 2.39. The molecule has 132 valence electrons. The Balaban J connectivity index is 0.00000484. The van der Waals surface area contributed by atoms with Crippen molar-refractivity contribution in [2.24, 2.45) is 10.9 Å².